The fourth-order valence-corrected chi connectivity index (χ4v) is 2.88. The van der Waals surface area contributed by atoms with Crippen molar-refractivity contribution >= 4 is 6.08 Å². The van der Waals surface area contributed by atoms with Crippen molar-refractivity contribution < 1.29 is 0 Å². The summed E-state index contributed by atoms with van der Waals surface area (Å²) in [6.45, 7) is 7.80. The Labute approximate surface area is 111 Å². The normalized spacial score (nSPS) is 24.6. The molecule has 1 nitrogen and oxygen atoms in total. The first kappa shape index (κ1) is 13.4. The molecule has 98 valence electrons. The second kappa shape index (κ2) is 6.19. The van der Waals surface area contributed by atoms with Gasteiger partial charge in [-0.05, 0) is 44.7 Å². The molecule has 0 radical (unpaired) electrons. The van der Waals surface area contributed by atoms with Crippen LogP contribution in [0.4, 0.5) is 0 Å². The molecule has 18 heavy (non-hydrogen) atoms. The van der Waals surface area contributed by atoms with E-state index in [0.29, 0.717) is 6.04 Å². The maximum absolute atomic E-state index is 3.60. The zero-order chi connectivity index (χ0) is 13.0. The maximum Gasteiger partial charge on any atom is 0.0255 e. The molecule has 1 aromatic carbocycles. The zero-order valence-electron chi connectivity index (χ0n) is 11.9. The predicted octanol–water partition coefficient (Wildman–Crippen LogP) is 4.09. The maximum atomic E-state index is 3.60. The Morgan fingerprint density at radius 2 is 1.94 bits per heavy atom. The summed E-state index contributed by atoms with van der Waals surface area (Å²) >= 11 is 0. The van der Waals surface area contributed by atoms with Gasteiger partial charge in [-0.25, -0.2) is 0 Å². The lowest BCUT2D eigenvalue weighted by molar-refractivity contribution is 0.326. The molecule has 2 unspecified atom stereocenters. The van der Waals surface area contributed by atoms with Gasteiger partial charge in [0.2, 0.25) is 0 Å². The Bertz CT molecular complexity index is 399. The minimum atomic E-state index is 0.560. The Kier molecular flexibility index (Phi) is 4.60. The van der Waals surface area contributed by atoms with E-state index >= 15 is 0 Å². The molecule has 0 saturated carbocycles. The van der Waals surface area contributed by atoms with Crippen LogP contribution in [0, 0.1) is 19.8 Å². The first-order valence-corrected chi connectivity index (χ1v) is 7.17. The third-order valence-electron chi connectivity index (χ3n) is 3.89. The minimum absolute atomic E-state index is 0.560. The largest absolute Gasteiger partial charge is 0.310 e. The van der Waals surface area contributed by atoms with Gasteiger partial charge in [-0.3, -0.25) is 0 Å². The van der Waals surface area contributed by atoms with E-state index in [1.807, 2.05) is 0 Å². The number of rotatable bonds is 3. The summed E-state index contributed by atoms with van der Waals surface area (Å²) in [6, 6.07) is 7.29. The monoisotopic (exact) mass is 243 g/mol. The summed E-state index contributed by atoms with van der Waals surface area (Å²) in [5, 5.41) is 3.60. The molecule has 1 heterocycles. The quantitative estimate of drug-likeness (QED) is 0.843. The van der Waals surface area contributed by atoms with E-state index in [9.17, 15) is 0 Å². The molecule has 0 aliphatic carbocycles. The highest BCUT2D eigenvalue weighted by molar-refractivity contribution is 5.52. The van der Waals surface area contributed by atoms with Crippen LogP contribution in [-0.2, 0) is 0 Å². The molecule has 0 spiro atoms. The van der Waals surface area contributed by atoms with Gasteiger partial charge in [0.1, 0.15) is 0 Å². The minimum Gasteiger partial charge on any atom is -0.310 e. The fraction of sp³-hybridized carbons (Fsp3) is 0.529. The van der Waals surface area contributed by atoms with Gasteiger partial charge in [-0.1, -0.05) is 54.8 Å². The molecule has 1 fully saturated rings. The van der Waals surface area contributed by atoms with Gasteiger partial charge < -0.3 is 5.32 Å². The predicted molar refractivity (Wildman–Crippen MR) is 79.8 cm³/mol. The summed E-state index contributed by atoms with van der Waals surface area (Å²) in [5.74, 6) is 0.903. The Balaban J connectivity index is 2.01. The third kappa shape index (κ3) is 3.71. The number of benzene rings is 1. The van der Waals surface area contributed by atoms with Crippen molar-refractivity contribution in [2.75, 3.05) is 6.54 Å². The second-order valence-electron chi connectivity index (χ2n) is 5.64. The molecule has 1 aliphatic heterocycles. The van der Waals surface area contributed by atoms with Gasteiger partial charge in [0.05, 0.1) is 0 Å². The van der Waals surface area contributed by atoms with Crippen LogP contribution < -0.4 is 5.32 Å². The Morgan fingerprint density at radius 1 is 1.22 bits per heavy atom. The van der Waals surface area contributed by atoms with Crippen LogP contribution in [0.2, 0.25) is 0 Å². The SMILES string of the molecule is CCC1CCNC(/C=C/c2cc(C)cc(C)c2)C1. The summed E-state index contributed by atoms with van der Waals surface area (Å²) in [7, 11) is 0. The number of aryl methyl sites for hydroxylation is 2. The highest BCUT2D eigenvalue weighted by Gasteiger charge is 2.17. The van der Waals surface area contributed by atoms with Gasteiger partial charge in [-0.15, -0.1) is 0 Å². The Hall–Kier alpha value is -1.08. The first-order chi connectivity index (χ1) is 8.67. The lowest BCUT2D eigenvalue weighted by Crippen LogP contribution is -2.36. The van der Waals surface area contributed by atoms with E-state index in [-0.39, 0.29) is 0 Å². The average Bonchev–Trinajstić information content (AvgIpc) is 2.35. The Morgan fingerprint density at radius 3 is 2.61 bits per heavy atom. The standard InChI is InChI=1S/C17H25N/c1-4-15-7-8-18-17(12-15)6-5-16-10-13(2)9-14(3)11-16/h5-6,9-11,15,17-18H,4,7-8,12H2,1-3H3/b6-5+. The van der Waals surface area contributed by atoms with Gasteiger partial charge in [0.25, 0.3) is 0 Å². The average molecular weight is 243 g/mol. The van der Waals surface area contributed by atoms with Crippen molar-refractivity contribution in [2.45, 2.75) is 46.1 Å². The zero-order valence-corrected chi connectivity index (χ0v) is 11.9. The highest BCUT2D eigenvalue weighted by Crippen LogP contribution is 2.20. The van der Waals surface area contributed by atoms with Crippen molar-refractivity contribution in [2.24, 2.45) is 5.92 Å². The van der Waals surface area contributed by atoms with E-state index in [1.165, 1.54) is 42.5 Å². The number of piperidine rings is 1. The lowest BCUT2D eigenvalue weighted by atomic mass is 9.90. The molecular weight excluding hydrogens is 218 g/mol. The van der Waals surface area contributed by atoms with E-state index in [2.05, 4.69) is 56.4 Å². The summed E-state index contributed by atoms with van der Waals surface area (Å²) < 4.78 is 0. The number of hydrogen-bond acceptors (Lipinski definition) is 1. The smallest absolute Gasteiger partial charge is 0.0255 e. The van der Waals surface area contributed by atoms with E-state index in [1.54, 1.807) is 0 Å². The molecule has 1 heteroatoms. The van der Waals surface area contributed by atoms with Gasteiger partial charge in [-0.2, -0.15) is 0 Å². The van der Waals surface area contributed by atoms with Crippen LogP contribution in [0.15, 0.2) is 24.3 Å². The molecule has 1 saturated heterocycles. The summed E-state index contributed by atoms with van der Waals surface area (Å²) in [6.07, 6.45) is 8.56. The fourth-order valence-electron chi connectivity index (χ4n) is 2.88. The number of hydrogen-bond donors (Lipinski definition) is 1. The van der Waals surface area contributed by atoms with Crippen LogP contribution in [0.5, 0.6) is 0 Å². The van der Waals surface area contributed by atoms with E-state index in [4.69, 9.17) is 0 Å². The number of nitrogens with one attached hydrogen (secondary N) is 1. The molecule has 1 N–H and O–H groups in total. The summed E-state index contributed by atoms with van der Waals surface area (Å²) in [5.41, 5.74) is 4.02. The van der Waals surface area contributed by atoms with Crippen LogP contribution in [0.25, 0.3) is 6.08 Å². The van der Waals surface area contributed by atoms with Crippen LogP contribution >= 0.6 is 0 Å². The van der Waals surface area contributed by atoms with Crippen molar-refractivity contribution in [1.29, 1.82) is 0 Å². The van der Waals surface area contributed by atoms with Gasteiger partial charge in [0, 0.05) is 6.04 Å². The molecule has 2 atom stereocenters. The molecule has 2 rings (SSSR count). The van der Waals surface area contributed by atoms with E-state index in [0.717, 1.165) is 5.92 Å². The van der Waals surface area contributed by atoms with Crippen molar-refractivity contribution in [3.63, 3.8) is 0 Å². The van der Waals surface area contributed by atoms with Crippen molar-refractivity contribution in [1.82, 2.24) is 5.32 Å². The topological polar surface area (TPSA) is 12.0 Å². The molecule has 1 aliphatic rings. The summed E-state index contributed by atoms with van der Waals surface area (Å²) in [4.78, 5) is 0. The van der Waals surface area contributed by atoms with Crippen LogP contribution in [0.1, 0.15) is 42.9 Å². The van der Waals surface area contributed by atoms with Gasteiger partial charge in [0.15, 0.2) is 0 Å². The highest BCUT2D eigenvalue weighted by atomic mass is 14.9. The lowest BCUT2D eigenvalue weighted by Gasteiger charge is -2.27. The molecule has 1 aromatic rings. The van der Waals surface area contributed by atoms with Crippen molar-refractivity contribution in [3.05, 3.63) is 41.0 Å². The van der Waals surface area contributed by atoms with E-state index < -0.39 is 0 Å². The van der Waals surface area contributed by atoms with Crippen LogP contribution in [-0.4, -0.2) is 12.6 Å². The second-order valence-corrected chi connectivity index (χ2v) is 5.64. The third-order valence-corrected chi connectivity index (χ3v) is 3.89. The molecule has 0 bridgehead atoms. The molecule has 0 amide bonds. The first-order valence-electron chi connectivity index (χ1n) is 7.17. The molecular formula is C17H25N. The molecule has 0 aromatic heterocycles. The van der Waals surface area contributed by atoms with Crippen LogP contribution in [0.3, 0.4) is 0 Å². The van der Waals surface area contributed by atoms with Crippen molar-refractivity contribution in [3.8, 4) is 0 Å². The van der Waals surface area contributed by atoms with Gasteiger partial charge >= 0.3 is 0 Å².